The van der Waals surface area contributed by atoms with E-state index in [0.29, 0.717) is 0 Å². The average Bonchev–Trinajstić information content (AvgIpc) is 3.92. The Morgan fingerprint density at radius 2 is 0.903 bits per heavy atom. The first-order valence-corrected chi connectivity index (χ1v) is 24.0. The topological polar surface area (TPSA) is 16.4 Å². The number of fused-ring (bicyclic) bond motifs is 8. The fourth-order valence-electron chi connectivity index (χ4n) is 9.74. The van der Waals surface area contributed by atoms with Crippen molar-refractivity contribution < 1.29 is 4.42 Å². The van der Waals surface area contributed by atoms with E-state index in [1.165, 1.54) is 57.4 Å². The number of nitrogens with zero attached hydrogens (tertiary/aromatic N) is 1. The van der Waals surface area contributed by atoms with Crippen LogP contribution >= 0.6 is 11.3 Å². The van der Waals surface area contributed by atoms with Crippen LogP contribution in [0.3, 0.4) is 0 Å². The van der Waals surface area contributed by atoms with E-state index in [-0.39, 0.29) is 0 Å². The molecule has 2 aromatic heterocycles. The van der Waals surface area contributed by atoms with Crippen LogP contribution in [0.25, 0.3) is 64.0 Å². The third-order valence-electron chi connectivity index (χ3n) is 12.6. The molecular weight excluding hydrogens is 787 g/mol. The Bertz CT molecular complexity index is 3460. The van der Waals surface area contributed by atoms with E-state index in [1.807, 2.05) is 11.3 Å². The first kappa shape index (κ1) is 36.4. The van der Waals surface area contributed by atoms with Gasteiger partial charge in [-0.25, -0.2) is 0 Å². The summed E-state index contributed by atoms with van der Waals surface area (Å²) in [6.45, 7) is 0. The van der Waals surface area contributed by atoms with Crippen LogP contribution in [0, 0.1) is 0 Å². The number of thiophene rings is 1. The summed E-state index contributed by atoms with van der Waals surface area (Å²) < 4.78 is 9.18. The molecule has 0 aliphatic carbocycles. The number of hydrogen-bond donors (Lipinski definition) is 0. The molecule has 0 aliphatic rings. The Balaban J connectivity index is 1.10. The number of furan rings is 1. The van der Waals surface area contributed by atoms with Gasteiger partial charge in [0.1, 0.15) is 11.2 Å². The minimum atomic E-state index is -2.73. The molecule has 0 saturated heterocycles. The monoisotopic (exact) mass is 825 g/mol. The molecule has 292 valence electrons. The fourth-order valence-corrected chi connectivity index (χ4v) is 15.7. The van der Waals surface area contributed by atoms with Crippen LogP contribution in [0.4, 0.5) is 17.1 Å². The Hall–Kier alpha value is -7.50. The molecule has 0 unspecified atom stereocenters. The number of anilines is 3. The van der Waals surface area contributed by atoms with Crippen molar-refractivity contribution in [2.24, 2.45) is 0 Å². The number of rotatable bonds is 8. The molecule has 12 aromatic rings. The van der Waals surface area contributed by atoms with Crippen molar-refractivity contribution in [2.45, 2.75) is 0 Å². The van der Waals surface area contributed by atoms with Gasteiger partial charge in [0.15, 0.2) is 8.07 Å². The van der Waals surface area contributed by atoms with Crippen LogP contribution in [0.2, 0.25) is 0 Å². The molecule has 0 saturated carbocycles. The maximum Gasteiger partial charge on any atom is 0.179 e. The lowest BCUT2D eigenvalue weighted by molar-refractivity contribution is 0.673. The normalized spacial score (nSPS) is 11.9. The quantitative estimate of drug-likeness (QED) is 0.112. The Morgan fingerprint density at radius 3 is 1.56 bits per heavy atom. The Kier molecular flexibility index (Phi) is 8.73. The van der Waals surface area contributed by atoms with Crippen LogP contribution in [0.1, 0.15) is 0 Å². The van der Waals surface area contributed by atoms with Gasteiger partial charge in [0.25, 0.3) is 0 Å². The van der Waals surface area contributed by atoms with Crippen LogP contribution in [-0.4, -0.2) is 8.07 Å². The highest BCUT2D eigenvalue weighted by Crippen LogP contribution is 2.50. The van der Waals surface area contributed by atoms with E-state index in [2.05, 4.69) is 241 Å². The predicted octanol–water partition coefficient (Wildman–Crippen LogP) is 13.6. The maximum atomic E-state index is 6.75. The van der Waals surface area contributed by atoms with Gasteiger partial charge in [-0.05, 0) is 91.2 Å². The van der Waals surface area contributed by atoms with Crippen molar-refractivity contribution in [3.8, 4) is 11.1 Å². The summed E-state index contributed by atoms with van der Waals surface area (Å²) in [5, 5.41) is 12.5. The SMILES string of the molecule is c1ccc([Si](c2ccccc2)(c2ccccc2)c2ccc(N(c3ccc(-c4ccc5ccccc5c4)cc3)c3cc4c5ccccc5oc4c4c3sc3ccccc34)cc2)cc1. The summed E-state index contributed by atoms with van der Waals surface area (Å²) in [5.41, 5.74) is 7.53. The van der Waals surface area contributed by atoms with E-state index in [9.17, 15) is 0 Å². The predicted molar refractivity (Wildman–Crippen MR) is 268 cm³/mol. The highest BCUT2D eigenvalue weighted by Gasteiger charge is 2.41. The molecule has 0 fully saturated rings. The first-order valence-electron chi connectivity index (χ1n) is 21.2. The fraction of sp³-hybridized carbons (Fsp3) is 0. The minimum Gasteiger partial charge on any atom is -0.455 e. The number of benzene rings is 10. The number of hydrogen-bond acceptors (Lipinski definition) is 3. The van der Waals surface area contributed by atoms with E-state index < -0.39 is 8.07 Å². The molecule has 2 nitrogen and oxygen atoms in total. The van der Waals surface area contributed by atoms with E-state index in [0.717, 1.165) is 44.4 Å². The molecule has 62 heavy (non-hydrogen) atoms. The summed E-state index contributed by atoms with van der Waals surface area (Å²) in [6, 6.07) is 86.9. The molecule has 0 spiro atoms. The highest BCUT2D eigenvalue weighted by atomic mass is 32.1. The molecule has 2 heterocycles. The molecule has 0 radical (unpaired) electrons. The van der Waals surface area contributed by atoms with Crippen LogP contribution in [0.5, 0.6) is 0 Å². The van der Waals surface area contributed by atoms with Gasteiger partial charge < -0.3 is 9.32 Å². The smallest absolute Gasteiger partial charge is 0.179 e. The summed E-state index contributed by atoms with van der Waals surface area (Å²) in [4.78, 5) is 2.46. The van der Waals surface area contributed by atoms with Gasteiger partial charge in [0, 0.05) is 37.6 Å². The van der Waals surface area contributed by atoms with Crippen molar-refractivity contribution in [1.29, 1.82) is 0 Å². The second-order valence-corrected chi connectivity index (χ2v) is 20.9. The van der Waals surface area contributed by atoms with Gasteiger partial charge in [-0.3, -0.25) is 0 Å². The van der Waals surface area contributed by atoms with Crippen LogP contribution in [0.15, 0.2) is 241 Å². The van der Waals surface area contributed by atoms with Gasteiger partial charge in [-0.15, -0.1) is 11.3 Å². The molecule has 0 bridgehead atoms. The van der Waals surface area contributed by atoms with Gasteiger partial charge in [0.2, 0.25) is 0 Å². The van der Waals surface area contributed by atoms with E-state index in [1.54, 1.807) is 0 Å². The molecule has 12 rings (SSSR count). The number of para-hydroxylation sites is 1. The van der Waals surface area contributed by atoms with Crippen molar-refractivity contribution in [3.63, 3.8) is 0 Å². The van der Waals surface area contributed by atoms with Crippen LogP contribution in [-0.2, 0) is 0 Å². The lowest BCUT2D eigenvalue weighted by Crippen LogP contribution is -2.74. The van der Waals surface area contributed by atoms with Gasteiger partial charge >= 0.3 is 0 Å². The average molecular weight is 826 g/mol. The van der Waals surface area contributed by atoms with E-state index >= 15 is 0 Å². The minimum absolute atomic E-state index is 0.899. The highest BCUT2D eigenvalue weighted by molar-refractivity contribution is 7.26. The zero-order chi connectivity index (χ0) is 41.0. The van der Waals surface area contributed by atoms with E-state index in [4.69, 9.17) is 4.42 Å². The van der Waals surface area contributed by atoms with Crippen molar-refractivity contribution in [1.82, 2.24) is 0 Å². The lowest BCUT2D eigenvalue weighted by atomic mass is 10.0. The summed E-state index contributed by atoms with van der Waals surface area (Å²) >= 11 is 1.84. The summed E-state index contributed by atoms with van der Waals surface area (Å²) in [7, 11) is -2.73. The molecule has 10 aromatic carbocycles. The molecule has 0 aliphatic heterocycles. The van der Waals surface area contributed by atoms with Gasteiger partial charge in [-0.2, -0.15) is 0 Å². The molecule has 4 heteroatoms. The molecule has 0 atom stereocenters. The Labute approximate surface area is 365 Å². The van der Waals surface area contributed by atoms with Crippen molar-refractivity contribution in [2.75, 3.05) is 4.90 Å². The summed E-state index contributed by atoms with van der Waals surface area (Å²) in [5.74, 6) is 0. The molecule has 0 amide bonds. The standard InChI is InChI=1S/C58H39NOSSi/c1-4-18-46(19-5-1)62(47-20-6-2-7-21-47,48-22-8-3-9-23-48)49-36-34-45(35-37-49)59(44-32-30-41(31-33-44)43-29-28-40-16-10-11-17-42(40)38-43)53-39-52-50-24-12-14-26-54(50)60-57(52)56-51-25-13-15-27-55(51)61-58(53)56/h1-39H. The van der Waals surface area contributed by atoms with Gasteiger partial charge in [-0.1, -0.05) is 188 Å². The van der Waals surface area contributed by atoms with Crippen molar-refractivity contribution >= 4 is 110 Å². The second-order valence-electron chi connectivity index (χ2n) is 16.0. The maximum absolute atomic E-state index is 6.75. The largest absolute Gasteiger partial charge is 0.455 e. The lowest BCUT2D eigenvalue weighted by Gasteiger charge is -2.35. The molecular formula is C58H39NOSSi. The first-order chi connectivity index (χ1) is 30.7. The Morgan fingerprint density at radius 1 is 0.387 bits per heavy atom. The second kappa shape index (κ2) is 14.9. The zero-order valence-electron chi connectivity index (χ0n) is 33.8. The summed E-state index contributed by atoms with van der Waals surface area (Å²) in [6.07, 6.45) is 0. The van der Waals surface area contributed by atoms with Gasteiger partial charge in [0.05, 0.1) is 10.4 Å². The van der Waals surface area contributed by atoms with Crippen molar-refractivity contribution in [3.05, 3.63) is 237 Å². The van der Waals surface area contributed by atoms with Crippen LogP contribution < -0.4 is 25.6 Å². The zero-order valence-corrected chi connectivity index (χ0v) is 35.6. The third-order valence-corrected chi connectivity index (χ3v) is 18.6. The third kappa shape index (κ3) is 5.83. The molecule has 0 N–H and O–H groups in total.